The van der Waals surface area contributed by atoms with Gasteiger partial charge in [0.2, 0.25) is 0 Å². The molecule has 0 aliphatic rings. The first-order valence-electron chi connectivity index (χ1n) is 5.73. The van der Waals surface area contributed by atoms with Gasteiger partial charge >= 0.3 is 6.09 Å². The van der Waals surface area contributed by atoms with Crippen LogP contribution in [-0.2, 0) is 4.74 Å². The van der Waals surface area contributed by atoms with E-state index in [1.54, 1.807) is 0 Å². The third-order valence-electron chi connectivity index (χ3n) is 2.40. The molecule has 3 N–H and O–H groups in total. The van der Waals surface area contributed by atoms with Crippen LogP contribution in [-0.4, -0.2) is 24.8 Å². The van der Waals surface area contributed by atoms with Gasteiger partial charge in [0.05, 0.1) is 0 Å². The summed E-state index contributed by atoms with van der Waals surface area (Å²) in [6.07, 6.45) is -0.379. The predicted molar refractivity (Wildman–Crippen MR) is 66.2 cm³/mol. The van der Waals surface area contributed by atoms with Gasteiger partial charge in [0.1, 0.15) is 5.60 Å². The molecule has 0 rings (SSSR count). The lowest BCUT2D eigenvalue weighted by Gasteiger charge is -2.30. The third-order valence-corrected chi connectivity index (χ3v) is 2.40. The molecule has 0 bridgehead atoms. The van der Waals surface area contributed by atoms with Crippen LogP contribution in [0.15, 0.2) is 0 Å². The minimum Gasteiger partial charge on any atom is -0.444 e. The molecule has 1 atom stereocenters. The fourth-order valence-electron chi connectivity index (χ4n) is 1.26. The van der Waals surface area contributed by atoms with Crippen molar-refractivity contribution < 1.29 is 9.53 Å². The van der Waals surface area contributed by atoms with Gasteiger partial charge in [-0.2, -0.15) is 0 Å². The standard InChI is InChI=1S/C12H26N2O2/c1-11(2,3)9(7-13)8-14-10(15)16-12(4,5)6/h9H,7-8,13H2,1-6H3,(H,14,15). The summed E-state index contributed by atoms with van der Waals surface area (Å²) in [5.41, 5.74) is 5.31. The molecule has 0 fully saturated rings. The molecular formula is C12H26N2O2. The summed E-state index contributed by atoms with van der Waals surface area (Å²) in [6, 6.07) is 0. The van der Waals surface area contributed by atoms with Gasteiger partial charge in [0.25, 0.3) is 0 Å². The maximum Gasteiger partial charge on any atom is 0.407 e. The molecule has 0 radical (unpaired) electrons. The van der Waals surface area contributed by atoms with E-state index in [-0.39, 0.29) is 17.4 Å². The van der Waals surface area contributed by atoms with Crippen molar-refractivity contribution >= 4 is 6.09 Å². The number of rotatable bonds is 3. The highest BCUT2D eigenvalue weighted by Crippen LogP contribution is 2.24. The summed E-state index contributed by atoms with van der Waals surface area (Å²) in [5.74, 6) is 0.250. The number of carbonyl (C=O) groups is 1. The SMILES string of the molecule is CC(C)(C)OC(=O)NCC(CN)C(C)(C)C. The second kappa shape index (κ2) is 5.53. The van der Waals surface area contributed by atoms with Crippen LogP contribution in [0.5, 0.6) is 0 Å². The smallest absolute Gasteiger partial charge is 0.407 e. The van der Waals surface area contributed by atoms with Gasteiger partial charge in [-0.25, -0.2) is 4.79 Å². The maximum atomic E-state index is 11.4. The Balaban J connectivity index is 4.09. The van der Waals surface area contributed by atoms with E-state index < -0.39 is 5.60 Å². The zero-order valence-electron chi connectivity index (χ0n) is 11.4. The van der Waals surface area contributed by atoms with Gasteiger partial charge < -0.3 is 15.8 Å². The minimum atomic E-state index is -0.454. The van der Waals surface area contributed by atoms with Crippen molar-refractivity contribution in [3.63, 3.8) is 0 Å². The van der Waals surface area contributed by atoms with Gasteiger partial charge in [0, 0.05) is 6.54 Å². The molecule has 0 heterocycles. The van der Waals surface area contributed by atoms with E-state index in [1.165, 1.54) is 0 Å². The lowest BCUT2D eigenvalue weighted by molar-refractivity contribution is 0.0507. The molecule has 0 aromatic rings. The Morgan fingerprint density at radius 1 is 1.25 bits per heavy atom. The van der Waals surface area contributed by atoms with Gasteiger partial charge in [-0.1, -0.05) is 20.8 Å². The molecule has 0 aromatic carbocycles. The van der Waals surface area contributed by atoms with Gasteiger partial charge in [-0.3, -0.25) is 0 Å². The van der Waals surface area contributed by atoms with Crippen molar-refractivity contribution in [3.05, 3.63) is 0 Å². The summed E-state index contributed by atoms with van der Waals surface area (Å²) < 4.78 is 5.15. The van der Waals surface area contributed by atoms with Crippen molar-refractivity contribution in [2.24, 2.45) is 17.1 Å². The zero-order valence-corrected chi connectivity index (χ0v) is 11.4. The Hall–Kier alpha value is -0.770. The highest BCUT2D eigenvalue weighted by Gasteiger charge is 2.24. The number of nitrogens with two attached hydrogens (primary N) is 1. The first-order chi connectivity index (χ1) is 7.06. The Morgan fingerprint density at radius 2 is 1.75 bits per heavy atom. The number of hydrogen-bond acceptors (Lipinski definition) is 3. The number of hydrogen-bond donors (Lipinski definition) is 2. The van der Waals surface area contributed by atoms with Crippen LogP contribution in [0.1, 0.15) is 41.5 Å². The first kappa shape index (κ1) is 15.2. The molecule has 0 saturated heterocycles. The van der Waals surface area contributed by atoms with E-state index in [9.17, 15) is 4.79 Å². The van der Waals surface area contributed by atoms with Crippen molar-refractivity contribution in [1.29, 1.82) is 0 Å². The number of carbonyl (C=O) groups excluding carboxylic acids is 1. The molecular weight excluding hydrogens is 204 g/mol. The Kier molecular flexibility index (Phi) is 5.26. The number of alkyl carbamates (subject to hydrolysis) is 1. The lowest BCUT2D eigenvalue weighted by Crippen LogP contribution is -2.41. The van der Waals surface area contributed by atoms with E-state index in [1.807, 2.05) is 20.8 Å². The summed E-state index contributed by atoms with van der Waals surface area (Å²) >= 11 is 0. The average molecular weight is 230 g/mol. The molecule has 0 aliphatic heterocycles. The van der Waals surface area contributed by atoms with Gasteiger partial charge in [0.15, 0.2) is 0 Å². The van der Waals surface area contributed by atoms with Crippen molar-refractivity contribution in [1.82, 2.24) is 5.32 Å². The van der Waals surface area contributed by atoms with Crippen molar-refractivity contribution in [3.8, 4) is 0 Å². The third kappa shape index (κ3) is 6.67. The summed E-state index contributed by atoms with van der Waals surface area (Å²) in [4.78, 5) is 11.4. The topological polar surface area (TPSA) is 64.3 Å². The van der Waals surface area contributed by atoms with E-state index in [0.717, 1.165) is 0 Å². The lowest BCUT2D eigenvalue weighted by atomic mass is 9.81. The number of nitrogens with one attached hydrogen (secondary N) is 1. The Labute approximate surface area is 98.9 Å². The van der Waals surface area contributed by atoms with Crippen LogP contribution in [0.4, 0.5) is 4.79 Å². The van der Waals surface area contributed by atoms with Crippen LogP contribution in [0, 0.1) is 11.3 Å². The number of amides is 1. The Bertz CT molecular complexity index is 226. The summed E-state index contributed by atoms with van der Waals surface area (Å²) in [6.45, 7) is 13.0. The van der Waals surface area contributed by atoms with E-state index >= 15 is 0 Å². The number of ether oxygens (including phenoxy) is 1. The fourth-order valence-corrected chi connectivity index (χ4v) is 1.26. The predicted octanol–water partition coefficient (Wildman–Crippen LogP) is 2.13. The molecule has 16 heavy (non-hydrogen) atoms. The van der Waals surface area contributed by atoms with Crippen LogP contribution >= 0.6 is 0 Å². The summed E-state index contributed by atoms with van der Waals surface area (Å²) in [5, 5.41) is 2.76. The Morgan fingerprint density at radius 3 is 2.06 bits per heavy atom. The molecule has 0 aliphatic carbocycles. The van der Waals surface area contributed by atoms with Crippen molar-refractivity contribution in [2.45, 2.75) is 47.1 Å². The van der Waals surface area contributed by atoms with Crippen LogP contribution in [0.3, 0.4) is 0 Å². The van der Waals surface area contributed by atoms with Gasteiger partial charge in [-0.05, 0) is 38.6 Å². The molecule has 0 aromatic heterocycles. The van der Waals surface area contributed by atoms with Crippen LogP contribution in [0.25, 0.3) is 0 Å². The van der Waals surface area contributed by atoms with E-state index in [0.29, 0.717) is 13.1 Å². The van der Waals surface area contributed by atoms with E-state index in [2.05, 4.69) is 26.1 Å². The summed E-state index contributed by atoms with van der Waals surface area (Å²) in [7, 11) is 0. The average Bonchev–Trinajstić information content (AvgIpc) is 1.98. The molecule has 96 valence electrons. The fraction of sp³-hybridized carbons (Fsp3) is 0.917. The minimum absolute atomic E-state index is 0.0871. The quantitative estimate of drug-likeness (QED) is 0.780. The van der Waals surface area contributed by atoms with Crippen LogP contribution in [0.2, 0.25) is 0 Å². The highest BCUT2D eigenvalue weighted by atomic mass is 16.6. The van der Waals surface area contributed by atoms with Crippen LogP contribution < -0.4 is 11.1 Å². The molecule has 1 amide bonds. The monoisotopic (exact) mass is 230 g/mol. The highest BCUT2D eigenvalue weighted by molar-refractivity contribution is 5.67. The first-order valence-corrected chi connectivity index (χ1v) is 5.73. The van der Waals surface area contributed by atoms with Gasteiger partial charge in [-0.15, -0.1) is 0 Å². The molecule has 4 nitrogen and oxygen atoms in total. The largest absolute Gasteiger partial charge is 0.444 e. The molecule has 1 unspecified atom stereocenters. The molecule has 0 spiro atoms. The second-order valence-corrected chi connectivity index (χ2v) is 6.18. The maximum absolute atomic E-state index is 11.4. The molecule has 4 heteroatoms. The molecule has 0 saturated carbocycles. The van der Waals surface area contributed by atoms with Crippen molar-refractivity contribution in [2.75, 3.05) is 13.1 Å². The van der Waals surface area contributed by atoms with E-state index in [4.69, 9.17) is 10.5 Å². The zero-order chi connectivity index (χ0) is 13.0. The normalized spacial score (nSPS) is 14.4. The second-order valence-electron chi connectivity index (χ2n) is 6.18.